The molecule has 9 heteroatoms. The summed E-state index contributed by atoms with van der Waals surface area (Å²) < 4.78 is 44.5. The fraction of sp³-hybridized carbons (Fsp3) is 0.381. The Bertz CT molecular complexity index is 1030. The molecular weight excluding hydrogens is 408 g/mol. The van der Waals surface area contributed by atoms with Crippen LogP contribution >= 0.6 is 0 Å². The summed E-state index contributed by atoms with van der Waals surface area (Å²) in [6.07, 6.45) is 0.824. The molecule has 0 unspecified atom stereocenters. The molecule has 1 saturated heterocycles. The first-order chi connectivity index (χ1) is 14.5. The standard InChI is InChI=1S/C21H24N2O6S/c1-2-27-18-10-9-15(13-20(18)30(25,26)23-11-5-6-12-23)22-21(24)19-14-28-16-7-3-4-8-17(16)29-19/h3-4,7-10,13,19H,2,5-6,11-12,14H2,1H3,(H,22,24)/t19-/m0/s1. The van der Waals surface area contributed by atoms with Crippen LogP contribution in [0.1, 0.15) is 19.8 Å². The average Bonchev–Trinajstić information content (AvgIpc) is 3.30. The van der Waals surface area contributed by atoms with Crippen LogP contribution in [0.15, 0.2) is 47.4 Å². The second-order valence-electron chi connectivity index (χ2n) is 7.06. The topological polar surface area (TPSA) is 94.2 Å². The van der Waals surface area contributed by atoms with Gasteiger partial charge in [0.25, 0.3) is 5.91 Å². The summed E-state index contributed by atoms with van der Waals surface area (Å²) in [6.45, 7) is 3.16. The first-order valence-corrected chi connectivity index (χ1v) is 11.4. The number of hydrogen-bond donors (Lipinski definition) is 1. The molecule has 0 radical (unpaired) electrons. The molecule has 0 aromatic heterocycles. The highest BCUT2D eigenvalue weighted by Gasteiger charge is 2.31. The largest absolute Gasteiger partial charge is 0.492 e. The molecule has 2 aliphatic rings. The number of ether oxygens (including phenoxy) is 3. The normalized spacial score (nSPS) is 18.8. The van der Waals surface area contributed by atoms with Crippen molar-refractivity contribution >= 4 is 21.6 Å². The van der Waals surface area contributed by atoms with Crippen molar-refractivity contribution in [3.8, 4) is 17.2 Å². The predicted molar refractivity (Wildman–Crippen MR) is 111 cm³/mol. The third-order valence-electron chi connectivity index (χ3n) is 4.99. The first kappa shape index (κ1) is 20.5. The van der Waals surface area contributed by atoms with Gasteiger partial charge in [0, 0.05) is 18.8 Å². The van der Waals surface area contributed by atoms with Crippen LogP contribution in [-0.4, -0.2) is 51.0 Å². The van der Waals surface area contributed by atoms with Gasteiger partial charge in [-0.15, -0.1) is 0 Å². The highest BCUT2D eigenvalue weighted by atomic mass is 32.2. The Hall–Kier alpha value is -2.78. The maximum atomic E-state index is 13.1. The van der Waals surface area contributed by atoms with E-state index in [4.69, 9.17) is 14.2 Å². The smallest absolute Gasteiger partial charge is 0.269 e. The molecular formula is C21H24N2O6S. The second-order valence-corrected chi connectivity index (χ2v) is 8.97. The number of anilines is 1. The lowest BCUT2D eigenvalue weighted by Crippen LogP contribution is -2.40. The Labute approximate surface area is 175 Å². The quantitative estimate of drug-likeness (QED) is 0.754. The number of rotatable bonds is 6. The molecule has 1 amide bonds. The van der Waals surface area contributed by atoms with Crippen molar-refractivity contribution in [2.45, 2.75) is 30.8 Å². The van der Waals surface area contributed by atoms with E-state index in [1.807, 2.05) is 6.07 Å². The van der Waals surface area contributed by atoms with E-state index in [1.54, 1.807) is 37.3 Å². The molecule has 0 bridgehead atoms. The Morgan fingerprint density at radius 2 is 1.90 bits per heavy atom. The molecule has 0 spiro atoms. The number of carbonyl (C=O) groups excluding carboxylic acids is 1. The predicted octanol–water partition coefficient (Wildman–Crippen LogP) is 2.65. The van der Waals surface area contributed by atoms with E-state index < -0.39 is 22.0 Å². The molecule has 8 nitrogen and oxygen atoms in total. The van der Waals surface area contributed by atoms with E-state index in [9.17, 15) is 13.2 Å². The number of nitrogens with one attached hydrogen (secondary N) is 1. The molecule has 30 heavy (non-hydrogen) atoms. The maximum absolute atomic E-state index is 13.1. The summed E-state index contributed by atoms with van der Waals surface area (Å²) in [5.41, 5.74) is 0.351. The molecule has 1 atom stereocenters. The van der Waals surface area contributed by atoms with E-state index >= 15 is 0 Å². The molecule has 2 aliphatic heterocycles. The highest BCUT2D eigenvalue weighted by Crippen LogP contribution is 2.33. The van der Waals surface area contributed by atoms with E-state index in [-0.39, 0.29) is 17.3 Å². The molecule has 4 rings (SSSR count). The van der Waals surface area contributed by atoms with Gasteiger partial charge in [-0.05, 0) is 50.1 Å². The van der Waals surface area contributed by atoms with Gasteiger partial charge >= 0.3 is 0 Å². The minimum absolute atomic E-state index is 0.0511. The van der Waals surface area contributed by atoms with Crippen molar-refractivity contribution in [2.75, 3.05) is 31.6 Å². The number of fused-ring (bicyclic) bond motifs is 1. The number of carbonyl (C=O) groups is 1. The van der Waals surface area contributed by atoms with Gasteiger partial charge in [-0.25, -0.2) is 8.42 Å². The third kappa shape index (κ3) is 4.08. The lowest BCUT2D eigenvalue weighted by atomic mass is 10.2. The Morgan fingerprint density at radius 3 is 2.63 bits per heavy atom. The van der Waals surface area contributed by atoms with Gasteiger partial charge in [-0.3, -0.25) is 4.79 Å². The van der Waals surface area contributed by atoms with Crippen LogP contribution < -0.4 is 19.5 Å². The molecule has 0 saturated carbocycles. The van der Waals surface area contributed by atoms with Crippen molar-refractivity contribution in [3.05, 3.63) is 42.5 Å². The highest BCUT2D eigenvalue weighted by molar-refractivity contribution is 7.89. The van der Waals surface area contributed by atoms with Crippen molar-refractivity contribution < 1.29 is 27.4 Å². The number of amides is 1. The van der Waals surface area contributed by atoms with Gasteiger partial charge in [-0.2, -0.15) is 4.31 Å². The summed E-state index contributed by atoms with van der Waals surface area (Å²) in [5, 5.41) is 2.73. The monoisotopic (exact) mass is 432 g/mol. The first-order valence-electron chi connectivity index (χ1n) is 9.95. The van der Waals surface area contributed by atoms with Crippen LogP contribution in [0.5, 0.6) is 17.2 Å². The fourth-order valence-corrected chi connectivity index (χ4v) is 5.18. The van der Waals surface area contributed by atoms with Gasteiger partial charge in [-0.1, -0.05) is 12.1 Å². The zero-order valence-electron chi connectivity index (χ0n) is 16.7. The zero-order valence-corrected chi connectivity index (χ0v) is 17.5. The van der Waals surface area contributed by atoms with Crippen LogP contribution in [-0.2, 0) is 14.8 Å². The summed E-state index contributed by atoms with van der Waals surface area (Å²) in [6, 6.07) is 11.7. The molecule has 1 N–H and O–H groups in total. The van der Waals surface area contributed by atoms with E-state index in [2.05, 4.69) is 5.32 Å². The molecule has 2 aromatic carbocycles. The van der Waals surface area contributed by atoms with Crippen LogP contribution in [0.3, 0.4) is 0 Å². The van der Waals surface area contributed by atoms with Crippen molar-refractivity contribution in [2.24, 2.45) is 0 Å². The van der Waals surface area contributed by atoms with Crippen molar-refractivity contribution in [3.63, 3.8) is 0 Å². The van der Waals surface area contributed by atoms with Crippen LogP contribution in [0.25, 0.3) is 0 Å². The summed E-state index contributed by atoms with van der Waals surface area (Å²) in [5.74, 6) is 0.932. The van der Waals surface area contributed by atoms with Crippen LogP contribution in [0, 0.1) is 0 Å². The molecule has 0 aliphatic carbocycles. The minimum atomic E-state index is -3.71. The number of hydrogen-bond acceptors (Lipinski definition) is 6. The van der Waals surface area contributed by atoms with Gasteiger partial charge < -0.3 is 19.5 Å². The van der Waals surface area contributed by atoms with E-state index in [1.165, 1.54) is 10.4 Å². The lowest BCUT2D eigenvalue weighted by molar-refractivity contribution is -0.125. The maximum Gasteiger partial charge on any atom is 0.269 e. The molecule has 1 fully saturated rings. The number of para-hydroxylation sites is 2. The van der Waals surface area contributed by atoms with Crippen LogP contribution in [0.4, 0.5) is 5.69 Å². The zero-order chi connectivity index (χ0) is 21.1. The minimum Gasteiger partial charge on any atom is -0.492 e. The summed E-state index contributed by atoms with van der Waals surface area (Å²) >= 11 is 0. The van der Waals surface area contributed by atoms with E-state index in [0.29, 0.717) is 36.9 Å². The number of nitrogens with zero attached hydrogens (tertiary/aromatic N) is 1. The van der Waals surface area contributed by atoms with Gasteiger partial charge in [0.1, 0.15) is 17.3 Å². The Balaban J connectivity index is 1.55. The lowest BCUT2D eigenvalue weighted by Gasteiger charge is -2.25. The summed E-state index contributed by atoms with van der Waals surface area (Å²) in [4.78, 5) is 12.7. The molecule has 160 valence electrons. The molecule has 2 heterocycles. The Kier molecular flexibility index (Phi) is 5.83. The fourth-order valence-electron chi connectivity index (χ4n) is 3.50. The van der Waals surface area contributed by atoms with Crippen molar-refractivity contribution in [1.82, 2.24) is 4.31 Å². The number of sulfonamides is 1. The van der Waals surface area contributed by atoms with Crippen molar-refractivity contribution in [1.29, 1.82) is 0 Å². The molecule has 2 aromatic rings. The van der Waals surface area contributed by atoms with Gasteiger partial charge in [0.2, 0.25) is 16.1 Å². The van der Waals surface area contributed by atoms with Gasteiger partial charge in [0.05, 0.1) is 6.61 Å². The van der Waals surface area contributed by atoms with E-state index in [0.717, 1.165) is 12.8 Å². The SMILES string of the molecule is CCOc1ccc(NC(=O)[C@@H]2COc3ccccc3O2)cc1S(=O)(=O)N1CCCC1. The second kappa shape index (κ2) is 8.53. The third-order valence-corrected chi connectivity index (χ3v) is 6.91. The van der Waals surface area contributed by atoms with Gasteiger partial charge in [0.15, 0.2) is 11.5 Å². The Morgan fingerprint density at radius 1 is 1.17 bits per heavy atom. The summed E-state index contributed by atoms with van der Waals surface area (Å²) in [7, 11) is -3.71. The average molecular weight is 432 g/mol. The number of benzene rings is 2. The van der Waals surface area contributed by atoms with Crippen LogP contribution in [0.2, 0.25) is 0 Å².